The molecule has 0 heterocycles. The fourth-order valence-electron chi connectivity index (χ4n) is 1.43. The topological polar surface area (TPSA) is 48.8 Å². The van der Waals surface area contributed by atoms with Crippen LogP contribution in [-0.4, -0.2) is 0 Å². The second-order valence-corrected chi connectivity index (χ2v) is 3.44. The molecular weight excluding hydrogens is 186 g/mol. The summed E-state index contributed by atoms with van der Waals surface area (Å²) in [4.78, 5) is 2.77. The Kier molecular flexibility index (Phi) is 2.86. The third-order valence-electron chi connectivity index (χ3n) is 2.29. The van der Waals surface area contributed by atoms with Crippen molar-refractivity contribution in [3.05, 3.63) is 69.6 Å². The van der Waals surface area contributed by atoms with Crippen molar-refractivity contribution in [2.75, 3.05) is 0 Å². The van der Waals surface area contributed by atoms with Crippen molar-refractivity contribution in [1.82, 2.24) is 0 Å². The van der Waals surface area contributed by atoms with Crippen molar-refractivity contribution in [2.45, 2.75) is 13.0 Å². The normalized spacial score (nSPS) is 10.7. The van der Waals surface area contributed by atoms with E-state index >= 15 is 0 Å². The molecule has 1 aliphatic rings. The fourth-order valence-corrected chi connectivity index (χ4v) is 1.43. The van der Waals surface area contributed by atoms with Crippen LogP contribution in [0, 0.1) is 0 Å². The Morgan fingerprint density at radius 1 is 1.13 bits per heavy atom. The Balaban J connectivity index is 2.40. The van der Waals surface area contributed by atoms with E-state index < -0.39 is 0 Å². The van der Waals surface area contributed by atoms with Crippen LogP contribution in [0.1, 0.15) is 16.7 Å². The van der Waals surface area contributed by atoms with Gasteiger partial charge in [0.15, 0.2) is 0 Å². The summed E-state index contributed by atoms with van der Waals surface area (Å²) in [6.45, 7) is 0.418. The molecule has 2 rings (SSSR count). The van der Waals surface area contributed by atoms with Crippen LogP contribution in [0.25, 0.3) is 10.4 Å². The molecule has 0 saturated heterocycles. The summed E-state index contributed by atoms with van der Waals surface area (Å²) in [5.41, 5.74) is 12.0. The Labute approximate surface area is 88.3 Å². The van der Waals surface area contributed by atoms with Crippen molar-refractivity contribution in [2.24, 2.45) is 5.11 Å². The van der Waals surface area contributed by atoms with Crippen LogP contribution >= 0.6 is 0 Å². The quantitative estimate of drug-likeness (QED) is 0.402. The molecule has 0 unspecified atom stereocenters. The van der Waals surface area contributed by atoms with Crippen LogP contribution in [0.2, 0.25) is 0 Å². The third kappa shape index (κ3) is 2.73. The Morgan fingerprint density at radius 2 is 1.93 bits per heavy atom. The summed E-state index contributed by atoms with van der Waals surface area (Å²) < 4.78 is 0. The van der Waals surface area contributed by atoms with Crippen molar-refractivity contribution < 1.29 is 0 Å². The summed E-state index contributed by atoms with van der Waals surface area (Å²) >= 11 is 0. The number of hydrogen-bond donors (Lipinski definition) is 0. The summed E-state index contributed by atoms with van der Waals surface area (Å²) in [7, 11) is 0. The van der Waals surface area contributed by atoms with E-state index in [0.717, 1.165) is 12.0 Å². The van der Waals surface area contributed by atoms with E-state index in [1.54, 1.807) is 0 Å². The van der Waals surface area contributed by atoms with Gasteiger partial charge in [-0.3, -0.25) is 0 Å². The molecule has 1 aromatic rings. The Morgan fingerprint density at radius 3 is 2.73 bits per heavy atom. The second kappa shape index (κ2) is 4.49. The highest BCUT2D eigenvalue weighted by atomic mass is 15.1. The van der Waals surface area contributed by atoms with Crippen molar-refractivity contribution >= 4 is 0 Å². The molecule has 0 atom stereocenters. The predicted molar refractivity (Wildman–Crippen MR) is 59.7 cm³/mol. The molecule has 0 saturated carbocycles. The minimum Gasteiger partial charge on any atom is -0.0893 e. The van der Waals surface area contributed by atoms with E-state index in [1.165, 1.54) is 11.1 Å². The average molecular weight is 197 g/mol. The highest BCUT2D eigenvalue weighted by Gasteiger charge is 2.12. The molecule has 0 fully saturated rings. The van der Waals surface area contributed by atoms with E-state index in [1.807, 2.05) is 30.3 Å². The number of rotatable bonds is 2. The molecule has 0 aliphatic heterocycles. The monoisotopic (exact) mass is 197 g/mol. The van der Waals surface area contributed by atoms with E-state index in [2.05, 4.69) is 22.2 Å². The maximum absolute atomic E-state index is 8.27. The molecule has 1 aromatic carbocycles. The summed E-state index contributed by atoms with van der Waals surface area (Å²) in [6, 6.07) is 14.2. The first-order valence-corrected chi connectivity index (χ1v) is 4.85. The molecule has 3 heteroatoms. The molecule has 0 aromatic heterocycles. The second-order valence-electron chi connectivity index (χ2n) is 3.44. The lowest BCUT2D eigenvalue weighted by Gasteiger charge is -1.88. The first-order valence-electron chi connectivity index (χ1n) is 4.85. The van der Waals surface area contributed by atoms with Crippen LogP contribution in [0.4, 0.5) is 0 Å². The SMILES string of the molecule is [N-]=[N+]=NCc1ccccccc2c(c1)C2. The maximum atomic E-state index is 8.27. The number of nitrogens with zero attached hydrogens (tertiary/aromatic N) is 3. The van der Waals surface area contributed by atoms with Crippen LogP contribution < -0.4 is 0 Å². The van der Waals surface area contributed by atoms with Gasteiger partial charge < -0.3 is 0 Å². The first-order chi connectivity index (χ1) is 7.40. The largest absolute Gasteiger partial charge is 0.0893 e. The fraction of sp³-hybridized carbons (Fsp3) is 0.167. The Hall–Kier alpha value is -1.99. The molecule has 0 N–H and O–H groups in total. The molecular formula is C12H11N3. The molecule has 0 amide bonds. The zero-order valence-corrected chi connectivity index (χ0v) is 8.30. The molecule has 74 valence electrons. The predicted octanol–water partition coefficient (Wildman–Crippen LogP) is 3.53. The van der Waals surface area contributed by atoms with Gasteiger partial charge in [-0.15, -0.1) is 0 Å². The average Bonchev–Trinajstić information content (AvgIpc) is 2.99. The van der Waals surface area contributed by atoms with Crippen molar-refractivity contribution in [3.63, 3.8) is 0 Å². The zero-order valence-electron chi connectivity index (χ0n) is 8.30. The van der Waals surface area contributed by atoms with E-state index in [0.29, 0.717) is 6.54 Å². The van der Waals surface area contributed by atoms with Gasteiger partial charge in [0.25, 0.3) is 0 Å². The minimum absolute atomic E-state index is 0.418. The zero-order chi connectivity index (χ0) is 10.5. The summed E-state index contributed by atoms with van der Waals surface area (Å²) in [5, 5.41) is 3.57. The van der Waals surface area contributed by atoms with Gasteiger partial charge in [0.1, 0.15) is 0 Å². The number of hydrogen-bond acceptors (Lipinski definition) is 1. The van der Waals surface area contributed by atoms with Gasteiger partial charge >= 0.3 is 0 Å². The maximum Gasteiger partial charge on any atom is 0.0510 e. The Bertz CT molecular complexity index is 472. The molecule has 3 nitrogen and oxygen atoms in total. The highest BCUT2D eigenvalue weighted by Crippen LogP contribution is 2.25. The van der Waals surface area contributed by atoms with Gasteiger partial charge in [-0.1, -0.05) is 47.6 Å². The van der Waals surface area contributed by atoms with Gasteiger partial charge in [0.2, 0.25) is 0 Å². The van der Waals surface area contributed by atoms with Gasteiger partial charge in [-0.05, 0) is 28.6 Å². The lowest BCUT2D eigenvalue weighted by Crippen LogP contribution is -1.74. The molecule has 15 heavy (non-hydrogen) atoms. The smallest absolute Gasteiger partial charge is 0.0510 e. The standard InChI is InChI=1S/C12H11N3/c13-15-14-9-10-5-3-1-2-4-6-11-8-12(11)7-10/h1-7H,8-9H2. The van der Waals surface area contributed by atoms with Crippen LogP contribution in [0.5, 0.6) is 0 Å². The van der Waals surface area contributed by atoms with Gasteiger partial charge in [0.05, 0.1) is 6.54 Å². The van der Waals surface area contributed by atoms with E-state index in [4.69, 9.17) is 5.53 Å². The van der Waals surface area contributed by atoms with E-state index in [9.17, 15) is 0 Å². The molecule has 0 bridgehead atoms. The summed E-state index contributed by atoms with van der Waals surface area (Å²) in [5.74, 6) is 0. The number of fused-ring (bicyclic) bond motifs is 1. The highest BCUT2D eigenvalue weighted by molar-refractivity contribution is 5.43. The lowest BCUT2D eigenvalue weighted by molar-refractivity contribution is 1.05. The van der Waals surface area contributed by atoms with Gasteiger partial charge in [-0.2, -0.15) is 0 Å². The van der Waals surface area contributed by atoms with Crippen LogP contribution in [0.3, 0.4) is 0 Å². The summed E-state index contributed by atoms with van der Waals surface area (Å²) in [6.07, 6.45) is 1.05. The van der Waals surface area contributed by atoms with Crippen molar-refractivity contribution in [1.29, 1.82) is 0 Å². The van der Waals surface area contributed by atoms with Gasteiger partial charge in [-0.25, -0.2) is 0 Å². The first kappa shape index (κ1) is 9.56. The third-order valence-corrected chi connectivity index (χ3v) is 2.29. The van der Waals surface area contributed by atoms with E-state index in [-0.39, 0.29) is 0 Å². The number of azide groups is 1. The lowest BCUT2D eigenvalue weighted by atomic mass is 10.2. The molecule has 1 aliphatic carbocycles. The minimum atomic E-state index is 0.418. The van der Waals surface area contributed by atoms with Crippen LogP contribution in [-0.2, 0) is 13.0 Å². The van der Waals surface area contributed by atoms with Crippen LogP contribution in [0.15, 0.2) is 47.6 Å². The van der Waals surface area contributed by atoms with Gasteiger partial charge in [0, 0.05) is 4.91 Å². The van der Waals surface area contributed by atoms with Crippen molar-refractivity contribution in [3.8, 4) is 0 Å². The molecule has 0 spiro atoms. The molecule has 0 radical (unpaired) electrons.